The highest BCUT2D eigenvalue weighted by molar-refractivity contribution is 7.86. The Morgan fingerprint density at radius 3 is 2.40 bits per heavy atom. The number of hydrogen-bond donors (Lipinski definition) is 1. The number of carboxylic acid groups (broad SMARTS) is 1. The molecule has 0 bridgehead atoms. The largest absolute Gasteiger partial charge is 0.480 e. The van der Waals surface area contributed by atoms with Crippen LogP contribution in [-0.4, -0.2) is 20.5 Å². The zero-order chi connectivity index (χ0) is 10.8. The van der Waals surface area contributed by atoms with Gasteiger partial charge in [-0.15, -0.1) is 0 Å². The molecule has 15 heavy (non-hydrogen) atoms. The average Bonchev–Trinajstić information content (AvgIpc) is 3.03. The Labute approximate surface area is 90.6 Å². The van der Waals surface area contributed by atoms with Gasteiger partial charge in [0.15, 0.2) is 0 Å². The Morgan fingerprint density at radius 1 is 1.33 bits per heavy atom. The third-order valence-electron chi connectivity index (χ3n) is 2.50. The molecule has 1 N–H and O–H groups in total. The van der Waals surface area contributed by atoms with Crippen LogP contribution in [0.15, 0.2) is 35.2 Å². The fraction of sp³-hybridized carbons (Fsp3) is 0.364. The highest BCUT2D eigenvalue weighted by Crippen LogP contribution is 2.36. The van der Waals surface area contributed by atoms with Crippen LogP contribution in [0.2, 0.25) is 0 Å². The molecular weight excluding hydrogens is 212 g/mol. The summed E-state index contributed by atoms with van der Waals surface area (Å²) in [6, 6.07) is 8.81. The summed E-state index contributed by atoms with van der Waals surface area (Å²) in [6.07, 6.45) is 1.77. The van der Waals surface area contributed by atoms with E-state index in [2.05, 4.69) is 0 Å². The van der Waals surface area contributed by atoms with E-state index in [1.54, 1.807) is 24.3 Å². The predicted octanol–water partition coefficient (Wildman–Crippen LogP) is 1.66. The fourth-order valence-electron chi connectivity index (χ4n) is 1.57. The summed E-state index contributed by atoms with van der Waals surface area (Å²) >= 11 is 0. The summed E-state index contributed by atoms with van der Waals surface area (Å²) in [5.41, 5.74) is 0. The summed E-state index contributed by atoms with van der Waals surface area (Å²) < 4.78 is 12.0. The molecule has 2 atom stereocenters. The highest BCUT2D eigenvalue weighted by Gasteiger charge is 2.40. The van der Waals surface area contributed by atoms with Gasteiger partial charge in [-0.2, -0.15) is 0 Å². The Morgan fingerprint density at radius 2 is 1.93 bits per heavy atom. The topological polar surface area (TPSA) is 54.4 Å². The third-order valence-corrected chi connectivity index (χ3v) is 4.28. The number of hydrogen-bond acceptors (Lipinski definition) is 2. The van der Waals surface area contributed by atoms with E-state index < -0.39 is 22.0 Å². The normalized spacial score (nSPS) is 19.5. The van der Waals surface area contributed by atoms with Crippen molar-refractivity contribution in [3.63, 3.8) is 0 Å². The van der Waals surface area contributed by atoms with E-state index in [1.807, 2.05) is 6.07 Å². The Bertz CT molecular complexity index is 384. The van der Waals surface area contributed by atoms with Crippen LogP contribution < -0.4 is 0 Å². The molecule has 1 fully saturated rings. The van der Waals surface area contributed by atoms with Gasteiger partial charge in [-0.3, -0.25) is 9.00 Å². The zero-order valence-electron chi connectivity index (χ0n) is 8.13. The van der Waals surface area contributed by atoms with Crippen LogP contribution in [0.1, 0.15) is 12.8 Å². The van der Waals surface area contributed by atoms with E-state index in [0.29, 0.717) is 4.90 Å². The molecule has 0 radical (unpaired) electrons. The second kappa shape index (κ2) is 4.14. The summed E-state index contributed by atoms with van der Waals surface area (Å²) in [4.78, 5) is 11.6. The van der Waals surface area contributed by atoms with Gasteiger partial charge in [-0.25, -0.2) is 0 Å². The van der Waals surface area contributed by atoms with Gasteiger partial charge < -0.3 is 5.11 Å². The first-order valence-corrected chi connectivity index (χ1v) is 6.10. The van der Waals surface area contributed by atoms with Crippen molar-refractivity contribution in [3.05, 3.63) is 30.3 Å². The average molecular weight is 224 g/mol. The number of carboxylic acids is 1. The second-order valence-electron chi connectivity index (χ2n) is 3.71. The van der Waals surface area contributed by atoms with Crippen LogP contribution in [0, 0.1) is 5.92 Å². The van der Waals surface area contributed by atoms with Crippen LogP contribution in [0.4, 0.5) is 0 Å². The van der Waals surface area contributed by atoms with Crippen molar-refractivity contribution < 1.29 is 14.1 Å². The van der Waals surface area contributed by atoms with Crippen LogP contribution in [-0.2, 0) is 15.6 Å². The molecule has 0 spiro atoms. The molecule has 4 heteroatoms. The van der Waals surface area contributed by atoms with Crippen molar-refractivity contribution in [2.24, 2.45) is 5.92 Å². The molecular formula is C11H12O3S. The SMILES string of the molecule is O=C(O)C(C1CC1)S(=O)c1ccccc1. The first kappa shape index (κ1) is 10.4. The molecule has 1 aliphatic rings. The summed E-state index contributed by atoms with van der Waals surface area (Å²) in [5, 5.41) is 8.29. The maximum absolute atomic E-state index is 12.0. The molecule has 80 valence electrons. The number of benzene rings is 1. The van der Waals surface area contributed by atoms with Crippen LogP contribution in [0.3, 0.4) is 0 Å². The molecule has 0 aliphatic heterocycles. The standard InChI is InChI=1S/C11H12O3S/c12-11(13)10(8-6-7-8)15(14)9-4-2-1-3-5-9/h1-5,8,10H,6-7H2,(H,12,13). The van der Waals surface area contributed by atoms with Gasteiger partial charge in [0.2, 0.25) is 0 Å². The van der Waals surface area contributed by atoms with Crippen molar-refractivity contribution in [2.75, 3.05) is 0 Å². The van der Waals surface area contributed by atoms with Gasteiger partial charge in [-0.05, 0) is 30.9 Å². The highest BCUT2D eigenvalue weighted by atomic mass is 32.2. The molecule has 0 amide bonds. The minimum absolute atomic E-state index is 0.100. The van der Waals surface area contributed by atoms with Crippen LogP contribution >= 0.6 is 0 Å². The molecule has 1 aromatic rings. The van der Waals surface area contributed by atoms with Crippen molar-refractivity contribution in [1.29, 1.82) is 0 Å². The van der Waals surface area contributed by atoms with E-state index in [0.717, 1.165) is 12.8 Å². The molecule has 0 aromatic heterocycles. The van der Waals surface area contributed by atoms with E-state index in [4.69, 9.17) is 5.11 Å². The van der Waals surface area contributed by atoms with Gasteiger partial charge >= 0.3 is 5.97 Å². The lowest BCUT2D eigenvalue weighted by Gasteiger charge is -2.10. The molecule has 1 aliphatic carbocycles. The molecule has 2 rings (SSSR count). The number of rotatable bonds is 4. The monoisotopic (exact) mass is 224 g/mol. The van der Waals surface area contributed by atoms with Gasteiger partial charge in [0.05, 0.1) is 10.8 Å². The Kier molecular flexibility index (Phi) is 2.86. The minimum atomic E-state index is -1.42. The van der Waals surface area contributed by atoms with Gasteiger partial charge in [0.1, 0.15) is 5.25 Å². The number of aliphatic carboxylic acids is 1. The maximum Gasteiger partial charge on any atom is 0.319 e. The third kappa shape index (κ3) is 2.26. The first-order chi connectivity index (χ1) is 7.20. The van der Waals surface area contributed by atoms with Gasteiger partial charge in [0, 0.05) is 4.90 Å². The van der Waals surface area contributed by atoms with E-state index in [-0.39, 0.29) is 5.92 Å². The van der Waals surface area contributed by atoms with E-state index >= 15 is 0 Å². The predicted molar refractivity (Wildman–Crippen MR) is 57.0 cm³/mol. The lowest BCUT2D eigenvalue weighted by Crippen LogP contribution is -2.27. The maximum atomic E-state index is 12.0. The molecule has 1 aromatic carbocycles. The molecule has 3 nitrogen and oxygen atoms in total. The van der Waals surface area contributed by atoms with Crippen LogP contribution in [0.5, 0.6) is 0 Å². The lowest BCUT2D eigenvalue weighted by molar-refractivity contribution is -0.136. The Hall–Kier alpha value is -1.16. The van der Waals surface area contributed by atoms with Crippen molar-refractivity contribution in [3.8, 4) is 0 Å². The quantitative estimate of drug-likeness (QED) is 0.846. The zero-order valence-corrected chi connectivity index (χ0v) is 8.94. The minimum Gasteiger partial charge on any atom is -0.480 e. The second-order valence-corrected chi connectivity index (χ2v) is 5.28. The van der Waals surface area contributed by atoms with Gasteiger partial charge in [-0.1, -0.05) is 18.2 Å². The van der Waals surface area contributed by atoms with Crippen molar-refractivity contribution in [2.45, 2.75) is 23.0 Å². The van der Waals surface area contributed by atoms with Crippen molar-refractivity contribution >= 4 is 16.8 Å². The Balaban J connectivity index is 2.22. The van der Waals surface area contributed by atoms with Gasteiger partial charge in [0.25, 0.3) is 0 Å². The molecule has 1 saturated carbocycles. The van der Waals surface area contributed by atoms with E-state index in [1.165, 1.54) is 0 Å². The van der Waals surface area contributed by atoms with Crippen molar-refractivity contribution in [1.82, 2.24) is 0 Å². The summed E-state index contributed by atoms with van der Waals surface area (Å²) in [6.45, 7) is 0. The molecule has 2 unspecified atom stereocenters. The summed E-state index contributed by atoms with van der Waals surface area (Å²) in [7, 11) is -1.42. The first-order valence-electron chi connectivity index (χ1n) is 4.88. The lowest BCUT2D eigenvalue weighted by atomic mass is 10.3. The van der Waals surface area contributed by atoms with Crippen LogP contribution in [0.25, 0.3) is 0 Å². The number of carbonyl (C=O) groups is 1. The molecule has 0 saturated heterocycles. The van der Waals surface area contributed by atoms with E-state index in [9.17, 15) is 9.00 Å². The smallest absolute Gasteiger partial charge is 0.319 e. The molecule has 0 heterocycles. The fourth-order valence-corrected chi connectivity index (χ4v) is 3.09. The summed E-state index contributed by atoms with van der Waals surface area (Å²) in [5.74, 6) is -0.844.